The SMILES string of the molecule is CCCCCSc1ncnc(NCC)c1C. The fraction of sp³-hybridized carbons (Fsp3) is 0.667. The van der Waals surface area contributed by atoms with E-state index in [1.54, 1.807) is 6.33 Å². The molecule has 16 heavy (non-hydrogen) atoms. The third-order valence-electron chi connectivity index (χ3n) is 2.37. The molecule has 1 heterocycles. The Balaban J connectivity index is 2.55. The Morgan fingerprint density at radius 3 is 2.75 bits per heavy atom. The van der Waals surface area contributed by atoms with Crippen molar-refractivity contribution in [1.82, 2.24) is 9.97 Å². The minimum atomic E-state index is 0.901. The summed E-state index contributed by atoms with van der Waals surface area (Å²) in [7, 11) is 0. The maximum Gasteiger partial charge on any atom is 0.133 e. The summed E-state index contributed by atoms with van der Waals surface area (Å²) in [5, 5.41) is 4.37. The van der Waals surface area contributed by atoms with E-state index in [0.29, 0.717) is 0 Å². The molecular formula is C12H21N3S. The van der Waals surface area contributed by atoms with Crippen LogP contribution in [-0.4, -0.2) is 22.3 Å². The Morgan fingerprint density at radius 1 is 1.25 bits per heavy atom. The summed E-state index contributed by atoms with van der Waals surface area (Å²) in [5.41, 5.74) is 1.17. The summed E-state index contributed by atoms with van der Waals surface area (Å²) < 4.78 is 0. The molecule has 0 radical (unpaired) electrons. The van der Waals surface area contributed by atoms with Gasteiger partial charge in [0.1, 0.15) is 17.2 Å². The molecule has 0 aliphatic heterocycles. The summed E-state index contributed by atoms with van der Waals surface area (Å²) in [5.74, 6) is 2.12. The number of nitrogens with zero attached hydrogens (tertiary/aromatic N) is 2. The fourth-order valence-electron chi connectivity index (χ4n) is 1.45. The smallest absolute Gasteiger partial charge is 0.133 e. The molecule has 0 aromatic carbocycles. The summed E-state index contributed by atoms with van der Waals surface area (Å²) >= 11 is 1.84. The molecule has 1 aromatic heterocycles. The van der Waals surface area contributed by atoms with Crippen LogP contribution in [0.4, 0.5) is 5.82 Å². The van der Waals surface area contributed by atoms with Crippen LogP contribution in [-0.2, 0) is 0 Å². The third kappa shape index (κ3) is 4.00. The molecule has 0 saturated heterocycles. The van der Waals surface area contributed by atoms with Crippen LogP contribution in [0.5, 0.6) is 0 Å². The first-order valence-corrected chi connectivity index (χ1v) is 6.96. The van der Waals surface area contributed by atoms with E-state index in [9.17, 15) is 0 Å². The average Bonchev–Trinajstić information content (AvgIpc) is 2.29. The van der Waals surface area contributed by atoms with Gasteiger partial charge in [0.25, 0.3) is 0 Å². The van der Waals surface area contributed by atoms with Crippen LogP contribution in [0.15, 0.2) is 11.4 Å². The van der Waals surface area contributed by atoms with Crippen LogP contribution in [0.1, 0.15) is 38.7 Å². The van der Waals surface area contributed by atoms with Crippen molar-refractivity contribution in [3.63, 3.8) is 0 Å². The molecule has 4 heteroatoms. The van der Waals surface area contributed by atoms with Crippen molar-refractivity contribution in [3.8, 4) is 0 Å². The van der Waals surface area contributed by atoms with Gasteiger partial charge in [0.2, 0.25) is 0 Å². The highest BCUT2D eigenvalue weighted by atomic mass is 32.2. The minimum Gasteiger partial charge on any atom is -0.370 e. The van der Waals surface area contributed by atoms with Crippen LogP contribution in [0.2, 0.25) is 0 Å². The van der Waals surface area contributed by atoms with Crippen LogP contribution in [0.25, 0.3) is 0 Å². The topological polar surface area (TPSA) is 37.8 Å². The number of anilines is 1. The van der Waals surface area contributed by atoms with Gasteiger partial charge >= 0.3 is 0 Å². The normalized spacial score (nSPS) is 10.4. The maximum absolute atomic E-state index is 4.33. The fourth-order valence-corrected chi connectivity index (χ4v) is 2.42. The van der Waals surface area contributed by atoms with E-state index in [1.807, 2.05) is 11.8 Å². The van der Waals surface area contributed by atoms with Crippen molar-refractivity contribution < 1.29 is 0 Å². The van der Waals surface area contributed by atoms with E-state index in [2.05, 4.69) is 36.1 Å². The lowest BCUT2D eigenvalue weighted by atomic mass is 10.3. The molecule has 0 aliphatic rings. The van der Waals surface area contributed by atoms with Gasteiger partial charge in [-0.3, -0.25) is 0 Å². The van der Waals surface area contributed by atoms with Gasteiger partial charge in [-0.1, -0.05) is 19.8 Å². The van der Waals surface area contributed by atoms with E-state index >= 15 is 0 Å². The quantitative estimate of drug-likeness (QED) is 0.449. The summed E-state index contributed by atoms with van der Waals surface area (Å²) in [6, 6.07) is 0. The second kappa shape index (κ2) is 7.49. The molecule has 1 aromatic rings. The van der Waals surface area contributed by atoms with Crippen molar-refractivity contribution in [2.24, 2.45) is 0 Å². The molecule has 1 rings (SSSR count). The average molecular weight is 239 g/mol. The van der Waals surface area contributed by atoms with Crippen molar-refractivity contribution in [2.45, 2.75) is 45.1 Å². The van der Waals surface area contributed by atoms with Crippen molar-refractivity contribution in [3.05, 3.63) is 11.9 Å². The van der Waals surface area contributed by atoms with E-state index in [4.69, 9.17) is 0 Å². The van der Waals surface area contributed by atoms with E-state index in [-0.39, 0.29) is 0 Å². The van der Waals surface area contributed by atoms with Gasteiger partial charge in [-0.05, 0) is 26.0 Å². The second-order valence-electron chi connectivity index (χ2n) is 3.74. The predicted octanol–water partition coefficient (Wildman–Crippen LogP) is 3.50. The summed E-state index contributed by atoms with van der Waals surface area (Å²) in [6.45, 7) is 7.29. The number of thioether (sulfide) groups is 1. The Hall–Kier alpha value is -0.770. The molecule has 0 spiro atoms. The van der Waals surface area contributed by atoms with Crippen LogP contribution >= 0.6 is 11.8 Å². The molecule has 1 N–H and O–H groups in total. The zero-order valence-corrected chi connectivity index (χ0v) is 11.2. The summed E-state index contributed by atoms with van der Waals surface area (Å²) in [6.07, 6.45) is 5.48. The monoisotopic (exact) mass is 239 g/mol. The lowest BCUT2D eigenvalue weighted by Gasteiger charge is -2.09. The minimum absolute atomic E-state index is 0.901. The van der Waals surface area contributed by atoms with Gasteiger partial charge in [-0.2, -0.15) is 0 Å². The first-order valence-electron chi connectivity index (χ1n) is 5.97. The highest BCUT2D eigenvalue weighted by Gasteiger charge is 2.06. The molecule has 0 bridgehead atoms. The van der Waals surface area contributed by atoms with E-state index in [1.165, 1.54) is 24.8 Å². The molecule has 0 aliphatic carbocycles. The number of hydrogen-bond acceptors (Lipinski definition) is 4. The molecule has 90 valence electrons. The second-order valence-corrected chi connectivity index (χ2v) is 4.82. The molecule has 0 unspecified atom stereocenters. The van der Waals surface area contributed by atoms with Gasteiger partial charge in [-0.15, -0.1) is 11.8 Å². The Kier molecular flexibility index (Phi) is 6.23. The van der Waals surface area contributed by atoms with Gasteiger partial charge in [-0.25, -0.2) is 9.97 Å². The van der Waals surface area contributed by atoms with Gasteiger partial charge in [0, 0.05) is 12.1 Å². The van der Waals surface area contributed by atoms with Crippen LogP contribution in [0.3, 0.4) is 0 Å². The molecule has 0 saturated carbocycles. The molecule has 0 atom stereocenters. The number of nitrogens with one attached hydrogen (secondary N) is 1. The van der Waals surface area contributed by atoms with E-state index < -0.39 is 0 Å². The predicted molar refractivity (Wildman–Crippen MR) is 71.2 cm³/mol. The lowest BCUT2D eigenvalue weighted by molar-refractivity contribution is 0.778. The first-order chi connectivity index (χ1) is 7.79. The highest BCUT2D eigenvalue weighted by molar-refractivity contribution is 7.99. The van der Waals surface area contributed by atoms with E-state index in [0.717, 1.165) is 23.1 Å². The number of hydrogen-bond donors (Lipinski definition) is 1. The largest absolute Gasteiger partial charge is 0.370 e. The third-order valence-corrected chi connectivity index (χ3v) is 3.55. The maximum atomic E-state index is 4.33. The highest BCUT2D eigenvalue weighted by Crippen LogP contribution is 2.24. The van der Waals surface area contributed by atoms with Crippen molar-refractivity contribution in [1.29, 1.82) is 0 Å². The van der Waals surface area contributed by atoms with Gasteiger partial charge in [0.15, 0.2) is 0 Å². The van der Waals surface area contributed by atoms with Crippen molar-refractivity contribution >= 4 is 17.6 Å². The van der Waals surface area contributed by atoms with Gasteiger partial charge in [0.05, 0.1) is 0 Å². The first kappa shape index (κ1) is 13.3. The Morgan fingerprint density at radius 2 is 2.06 bits per heavy atom. The Bertz CT molecular complexity index is 315. The zero-order valence-electron chi connectivity index (χ0n) is 10.4. The van der Waals surface area contributed by atoms with Gasteiger partial charge < -0.3 is 5.32 Å². The zero-order chi connectivity index (χ0) is 11.8. The number of aromatic nitrogens is 2. The molecular weight excluding hydrogens is 218 g/mol. The summed E-state index contributed by atoms with van der Waals surface area (Å²) in [4.78, 5) is 8.57. The van der Waals surface area contributed by atoms with Crippen LogP contribution < -0.4 is 5.32 Å². The molecule has 0 fully saturated rings. The standard InChI is InChI=1S/C12H21N3S/c1-4-6-7-8-16-12-10(3)11(13-5-2)14-9-15-12/h9H,4-8H2,1-3H3,(H,13,14,15). The number of rotatable bonds is 7. The lowest BCUT2D eigenvalue weighted by Crippen LogP contribution is -2.03. The molecule has 3 nitrogen and oxygen atoms in total. The Labute approximate surface area is 102 Å². The van der Waals surface area contributed by atoms with Crippen molar-refractivity contribution in [2.75, 3.05) is 17.6 Å². The molecule has 0 amide bonds. The number of unbranched alkanes of at least 4 members (excludes halogenated alkanes) is 2. The van der Waals surface area contributed by atoms with Crippen LogP contribution in [0, 0.1) is 6.92 Å².